The van der Waals surface area contributed by atoms with Gasteiger partial charge in [-0.25, -0.2) is 0 Å². The number of hydrogen-bond acceptors (Lipinski definition) is 3. The summed E-state index contributed by atoms with van der Waals surface area (Å²) >= 11 is 0. The molecule has 6 aliphatic rings. The van der Waals surface area contributed by atoms with Gasteiger partial charge in [0.15, 0.2) is 0 Å². The van der Waals surface area contributed by atoms with Crippen LogP contribution in [-0.2, 0) is 14.4 Å². The van der Waals surface area contributed by atoms with Gasteiger partial charge in [-0.3, -0.25) is 19.3 Å². The van der Waals surface area contributed by atoms with Crippen molar-refractivity contribution in [3.8, 4) is 0 Å². The Morgan fingerprint density at radius 1 is 0.840 bits per heavy atom. The molecule has 5 nitrogen and oxygen atoms in total. The van der Waals surface area contributed by atoms with Gasteiger partial charge in [0.1, 0.15) is 6.54 Å². The summed E-state index contributed by atoms with van der Waals surface area (Å²) in [5.74, 6) is 2.18. The van der Waals surface area contributed by atoms with E-state index in [1.807, 2.05) is 4.90 Å². The van der Waals surface area contributed by atoms with Crippen LogP contribution in [0.2, 0.25) is 0 Å². The Morgan fingerprint density at radius 3 is 1.88 bits per heavy atom. The Bertz CT molecular complexity index is 706. The standard InChI is InChI=1S/C20H22N2O3/c23-16(21-7-14-10-1-2-11(5-10)15(14)8-21)9-22-19(24)17-12-3-4-13(6-12)18(17)20(22)25/h1-4,10-15,17-18H,5-9H2/t10-,11-,12-,13-,14+,15+,17-,18+/m0/s1. The second-order valence-corrected chi connectivity index (χ2v) is 8.84. The van der Waals surface area contributed by atoms with Crippen LogP contribution in [0.3, 0.4) is 0 Å². The monoisotopic (exact) mass is 338 g/mol. The summed E-state index contributed by atoms with van der Waals surface area (Å²) in [6, 6.07) is 0. The zero-order valence-corrected chi connectivity index (χ0v) is 14.1. The fourth-order valence-corrected chi connectivity index (χ4v) is 6.71. The number of allylic oxidation sites excluding steroid dienone is 4. The second-order valence-electron chi connectivity index (χ2n) is 8.84. The van der Waals surface area contributed by atoms with Crippen LogP contribution in [-0.4, -0.2) is 47.2 Å². The normalized spacial score (nSPS) is 48.2. The molecule has 2 saturated carbocycles. The third-order valence-electron chi connectivity index (χ3n) is 7.87. The maximum absolute atomic E-state index is 12.8. The zero-order valence-electron chi connectivity index (χ0n) is 14.1. The molecule has 6 rings (SSSR count). The molecule has 8 atom stereocenters. The minimum Gasteiger partial charge on any atom is -0.341 e. The summed E-state index contributed by atoms with van der Waals surface area (Å²) in [6.07, 6.45) is 11.0. The maximum atomic E-state index is 12.8. The number of amides is 3. The molecule has 4 fully saturated rings. The van der Waals surface area contributed by atoms with Crippen LogP contribution in [0, 0.1) is 47.3 Å². The third kappa shape index (κ3) is 1.72. The average molecular weight is 338 g/mol. The maximum Gasteiger partial charge on any atom is 0.242 e. The highest BCUT2D eigenvalue weighted by molar-refractivity contribution is 6.08. The van der Waals surface area contributed by atoms with Crippen LogP contribution in [0.5, 0.6) is 0 Å². The molecule has 0 radical (unpaired) electrons. The Hall–Kier alpha value is -1.91. The Kier molecular flexibility index (Phi) is 2.64. The molecule has 2 aliphatic heterocycles. The lowest BCUT2D eigenvalue weighted by molar-refractivity contribution is -0.146. The molecule has 130 valence electrons. The molecule has 2 heterocycles. The summed E-state index contributed by atoms with van der Waals surface area (Å²) < 4.78 is 0. The molecule has 25 heavy (non-hydrogen) atoms. The van der Waals surface area contributed by atoms with Crippen LogP contribution >= 0.6 is 0 Å². The van der Waals surface area contributed by atoms with Gasteiger partial charge in [0.05, 0.1) is 11.8 Å². The van der Waals surface area contributed by atoms with Gasteiger partial charge in [0.2, 0.25) is 17.7 Å². The molecule has 0 N–H and O–H groups in total. The molecular formula is C20H22N2O3. The molecule has 0 aromatic rings. The molecule has 3 amide bonds. The Labute approximate surface area is 146 Å². The van der Waals surface area contributed by atoms with Crippen LogP contribution in [0.15, 0.2) is 24.3 Å². The summed E-state index contributed by atoms with van der Waals surface area (Å²) in [6.45, 7) is 1.54. The molecule has 4 bridgehead atoms. The first-order valence-electron chi connectivity index (χ1n) is 9.61. The molecule has 0 unspecified atom stereocenters. The number of carbonyl (C=O) groups is 3. The number of likely N-dealkylation sites (tertiary alicyclic amines) is 2. The Morgan fingerprint density at radius 2 is 1.32 bits per heavy atom. The molecule has 5 heteroatoms. The summed E-state index contributed by atoms with van der Waals surface area (Å²) in [4.78, 5) is 41.5. The van der Waals surface area contributed by atoms with Crippen molar-refractivity contribution in [1.29, 1.82) is 0 Å². The van der Waals surface area contributed by atoms with E-state index in [1.165, 1.54) is 11.3 Å². The van der Waals surface area contributed by atoms with E-state index in [4.69, 9.17) is 0 Å². The van der Waals surface area contributed by atoms with Crippen LogP contribution in [0.25, 0.3) is 0 Å². The molecule has 0 aromatic heterocycles. The summed E-state index contributed by atoms with van der Waals surface area (Å²) in [5.41, 5.74) is 0. The highest BCUT2D eigenvalue weighted by atomic mass is 16.2. The predicted molar refractivity (Wildman–Crippen MR) is 88.7 cm³/mol. The predicted octanol–water partition coefficient (Wildman–Crippen LogP) is 1.07. The van der Waals surface area contributed by atoms with Gasteiger partial charge < -0.3 is 4.90 Å². The van der Waals surface area contributed by atoms with Crippen molar-refractivity contribution in [3.63, 3.8) is 0 Å². The van der Waals surface area contributed by atoms with Gasteiger partial charge in [0, 0.05) is 13.1 Å². The van der Waals surface area contributed by atoms with Gasteiger partial charge in [-0.15, -0.1) is 0 Å². The smallest absolute Gasteiger partial charge is 0.242 e. The van der Waals surface area contributed by atoms with Crippen LogP contribution in [0.1, 0.15) is 12.8 Å². The van der Waals surface area contributed by atoms with E-state index in [9.17, 15) is 14.4 Å². The second kappa shape index (κ2) is 4.63. The van der Waals surface area contributed by atoms with Crippen molar-refractivity contribution in [2.24, 2.45) is 47.3 Å². The quantitative estimate of drug-likeness (QED) is 0.559. The van der Waals surface area contributed by atoms with E-state index in [2.05, 4.69) is 24.3 Å². The minimum atomic E-state index is -0.201. The highest BCUT2D eigenvalue weighted by Crippen LogP contribution is 2.53. The van der Waals surface area contributed by atoms with E-state index < -0.39 is 0 Å². The van der Waals surface area contributed by atoms with Gasteiger partial charge in [-0.05, 0) is 48.3 Å². The van der Waals surface area contributed by atoms with Crippen molar-refractivity contribution in [3.05, 3.63) is 24.3 Å². The van der Waals surface area contributed by atoms with Crippen LogP contribution in [0.4, 0.5) is 0 Å². The number of carbonyl (C=O) groups excluding carboxylic acids is 3. The van der Waals surface area contributed by atoms with Gasteiger partial charge in [-0.1, -0.05) is 24.3 Å². The molecule has 0 spiro atoms. The fourth-order valence-electron chi connectivity index (χ4n) is 6.71. The first-order valence-corrected chi connectivity index (χ1v) is 9.61. The van der Waals surface area contributed by atoms with E-state index in [0.29, 0.717) is 23.7 Å². The largest absolute Gasteiger partial charge is 0.341 e. The average Bonchev–Trinajstić information content (AvgIpc) is 3.38. The number of hydrogen-bond donors (Lipinski definition) is 0. The van der Waals surface area contributed by atoms with E-state index >= 15 is 0 Å². The molecular weight excluding hydrogens is 316 g/mol. The van der Waals surface area contributed by atoms with Crippen molar-refractivity contribution in [2.75, 3.05) is 19.6 Å². The third-order valence-corrected chi connectivity index (χ3v) is 7.87. The molecule has 0 aromatic carbocycles. The van der Waals surface area contributed by atoms with E-state index in [0.717, 1.165) is 19.5 Å². The van der Waals surface area contributed by atoms with Crippen molar-refractivity contribution >= 4 is 17.7 Å². The number of nitrogens with zero attached hydrogens (tertiary/aromatic N) is 2. The number of imide groups is 1. The Balaban J connectivity index is 1.17. The van der Waals surface area contributed by atoms with Gasteiger partial charge >= 0.3 is 0 Å². The lowest BCUT2D eigenvalue weighted by atomic mass is 9.85. The first-order chi connectivity index (χ1) is 12.1. The molecule has 2 saturated heterocycles. The zero-order chi connectivity index (χ0) is 16.9. The first kappa shape index (κ1) is 14.3. The van der Waals surface area contributed by atoms with Gasteiger partial charge in [-0.2, -0.15) is 0 Å². The summed E-state index contributed by atoms with van der Waals surface area (Å²) in [5, 5.41) is 0. The summed E-state index contributed by atoms with van der Waals surface area (Å²) in [7, 11) is 0. The highest BCUT2D eigenvalue weighted by Gasteiger charge is 2.59. The fraction of sp³-hybridized carbons (Fsp3) is 0.650. The lowest BCUT2D eigenvalue weighted by Gasteiger charge is -2.22. The minimum absolute atomic E-state index is 0.0456. The lowest BCUT2D eigenvalue weighted by Crippen LogP contribution is -2.43. The van der Waals surface area contributed by atoms with Gasteiger partial charge in [0.25, 0.3) is 0 Å². The van der Waals surface area contributed by atoms with E-state index in [-0.39, 0.29) is 47.9 Å². The topological polar surface area (TPSA) is 57.7 Å². The number of rotatable bonds is 2. The van der Waals surface area contributed by atoms with Crippen molar-refractivity contribution < 1.29 is 14.4 Å². The van der Waals surface area contributed by atoms with Crippen molar-refractivity contribution in [2.45, 2.75) is 12.8 Å². The van der Waals surface area contributed by atoms with Crippen LogP contribution < -0.4 is 0 Å². The van der Waals surface area contributed by atoms with Crippen molar-refractivity contribution in [1.82, 2.24) is 9.80 Å². The van der Waals surface area contributed by atoms with E-state index in [1.54, 1.807) is 0 Å². The SMILES string of the molecule is O=C(CN1C(=O)[C@@H]2[C@H](C1=O)[C@H]1C=C[C@H]2C1)N1C[C@H]2[C@H](C1)[C@H]1C=C[C@H]2C1. The number of fused-ring (bicyclic) bond motifs is 10. The molecule has 4 aliphatic carbocycles.